The highest BCUT2D eigenvalue weighted by Gasteiger charge is 2.20. The lowest BCUT2D eigenvalue weighted by molar-refractivity contribution is -0.135. The molecule has 0 aromatic heterocycles. The topological polar surface area (TPSA) is 59.1 Å². The number of hydrogen-bond donors (Lipinski definition) is 0. The van der Waals surface area contributed by atoms with E-state index in [2.05, 4.69) is 0 Å². The minimum absolute atomic E-state index is 0.0498. The second-order valence-electron chi connectivity index (χ2n) is 5.27. The molecule has 0 unspecified atom stereocenters. The fourth-order valence-electron chi connectivity index (χ4n) is 2.48. The first-order valence-electron chi connectivity index (χ1n) is 7.49. The summed E-state index contributed by atoms with van der Waals surface area (Å²) in [6.45, 7) is 3.82. The highest BCUT2D eigenvalue weighted by Crippen LogP contribution is 2.25. The van der Waals surface area contributed by atoms with Crippen LogP contribution in [0.4, 0.5) is 0 Å². The Kier molecular flexibility index (Phi) is 5.62. The van der Waals surface area contributed by atoms with Gasteiger partial charge in [0, 0.05) is 44.7 Å². The number of hydrogen-bond acceptors (Lipinski definition) is 4. The summed E-state index contributed by atoms with van der Waals surface area (Å²) in [5, 5.41) is 0. The second-order valence-corrected chi connectivity index (χ2v) is 5.27. The van der Waals surface area contributed by atoms with Crippen LogP contribution in [0.25, 0.3) is 6.08 Å². The quantitative estimate of drug-likeness (QED) is 0.788. The normalized spacial score (nSPS) is 14.9. The number of amides is 2. The minimum Gasteiger partial charge on any atom is -0.497 e. The van der Waals surface area contributed by atoms with Crippen LogP contribution in [0.5, 0.6) is 11.5 Å². The van der Waals surface area contributed by atoms with E-state index in [4.69, 9.17) is 9.47 Å². The van der Waals surface area contributed by atoms with Crippen molar-refractivity contribution in [1.29, 1.82) is 0 Å². The van der Waals surface area contributed by atoms with E-state index < -0.39 is 0 Å². The molecule has 0 atom stereocenters. The van der Waals surface area contributed by atoms with E-state index >= 15 is 0 Å². The Labute approximate surface area is 136 Å². The molecule has 0 saturated carbocycles. The van der Waals surface area contributed by atoms with Gasteiger partial charge >= 0.3 is 0 Å². The number of ether oxygens (including phenoxy) is 2. The molecule has 124 valence electrons. The Morgan fingerprint density at radius 1 is 1.04 bits per heavy atom. The Bertz CT molecular complexity index is 605. The van der Waals surface area contributed by atoms with Gasteiger partial charge in [-0.25, -0.2) is 0 Å². The van der Waals surface area contributed by atoms with Crippen molar-refractivity contribution in [3.8, 4) is 11.5 Å². The van der Waals surface area contributed by atoms with Gasteiger partial charge in [-0.2, -0.15) is 0 Å². The molecule has 6 nitrogen and oxygen atoms in total. The molecular formula is C17H22N2O4. The van der Waals surface area contributed by atoms with Gasteiger partial charge in [0.15, 0.2) is 0 Å². The second kappa shape index (κ2) is 7.67. The molecule has 1 aromatic carbocycles. The van der Waals surface area contributed by atoms with Crippen LogP contribution in [0.1, 0.15) is 12.5 Å². The average molecular weight is 318 g/mol. The minimum atomic E-state index is -0.0712. The van der Waals surface area contributed by atoms with Gasteiger partial charge in [-0.15, -0.1) is 0 Å². The van der Waals surface area contributed by atoms with Crippen molar-refractivity contribution in [2.45, 2.75) is 6.92 Å². The highest BCUT2D eigenvalue weighted by atomic mass is 16.5. The molecule has 1 saturated heterocycles. The average Bonchev–Trinajstić information content (AvgIpc) is 2.59. The Morgan fingerprint density at radius 2 is 1.70 bits per heavy atom. The maximum absolute atomic E-state index is 12.3. The molecule has 1 heterocycles. The largest absolute Gasteiger partial charge is 0.497 e. The molecule has 2 rings (SSSR count). The van der Waals surface area contributed by atoms with Crippen LogP contribution >= 0.6 is 0 Å². The molecule has 0 N–H and O–H groups in total. The molecule has 0 aliphatic carbocycles. The Hall–Kier alpha value is -2.50. The molecule has 1 fully saturated rings. The van der Waals surface area contributed by atoms with Crippen LogP contribution in [0, 0.1) is 0 Å². The van der Waals surface area contributed by atoms with Crippen molar-refractivity contribution in [3.05, 3.63) is 29.8 Å². The van der Waals surface area contributed by atoms with Gasteiger partial charge in [0.1, 0.15) is 11.5 Å². The first kappa shape index (κ1) is 16.9. The molecule has 6 heteroatoms. The SMILES string of the molecule is COc1ccc(OC)c(/C=C/C(=O)N2CCN(C(C)=O)CC2)c1. The van der Waals surface area contributed by atoms with Crippen molar-refractivity contribution >= 4 is 17.9 Å². The summed E-state index contributed by atoms with van der Waals surface area (Å²) in [7, 11) is 3.18. The van der Waals surface area contributed by atoms with Crippen LogP contribution in [0.3, 0.4) is 0 Å². The number of benzene rings is 1. The summed E-state index contributed by atoms with van der Waals surface area (Å²) in [4.78, 5) is 27.1. The smallest absolute Gasteiger partial charge is 0.246 e. The first-order chi connectivity index (χ1) is 11.0. The third-order valence-electron chi connectivity index (χ3n) is 3.88. The van der Waals surface area contributed by atoms with E-state index in [-0.39, 0.29) is 11.8 Å². The number of carbonyl (C=O) groups is 2. The number of rotatable bonds is 4. The summed E-state index contributed by atoms with van der Waals surface area (Å²) >= 11 is 0. The van der Waals surface area contributed by atoms with Gasteiger partial charge in [0.25, 0.3) is 0 Å². The molecule has 2 amide bonds. The first-order valence-corrected chi connectivity index (χ1v) is 7.49. The van der Waals surface area contributed by atoms with Crippen LogP contribution in [0.15, 0.2) is 24.3 Å². The lowest BCUT2D eigenvalue weighted by atomic mass is 10.1. The molecule has 1 aliphatic rings. The molecule has 23 heavy (non-hydrogen) atoms. The van der Waals surface area contributed by atoms with Crippen LogP contribution in [0.2, 0.25) is 0 Å². The van der Waals surface area contributed by atoms with Gasteiger partial charge in [0.05, 0.1) is 14.2 Å². The zero-order valence-electron chi connectivity index (χ0n) is 13.7. The maximum Gasteiger partial charge on any atom is 0.246 e. The standard InChI is InChI=1S/C17H22N2O4/c1-13(20)18-8-10-19(11-9-18)17(21)7-4-14-12-15(22-2)5-6-16(14)23-3/h4-7,12H,8-11H2,1-3H3/b7-4+. The third-order valence-corrected chi connectivity index (χ3v) is 3.88. The van der Waals surface area contributed by atoms with E-state index in [1.165, 1.54) is 6.08 Å². The van der Waals surface area contributed by atoms with E-state index in [9.17, 15) is 9.59 Å². The maximum atomic E-state index is 12.3. The summed E-state index contributed by atoms with van der Waals surface area (Å²) in [5.41, 5.74) is 0.780. The lowest BCUT2D eigenvalue weighted by Gasteiger charge is -2.33. The molecular weight excluding hydrogens is 296 g/mol. The van der Waals surface area contributed by atoms with Crippen LogP contribution in [-0.2, 0) is 9.59 Å². The van der Waals surface area contributed by atoms with E-state index in [0.29, 0.717) is 37.7 Å². The zero-order valence-corrected chi connectivity index (χ0v) is 13.7. The summed E-state index contributed by atoms with van der Waals surface area (Å²) in [6.07, 6.45) is 3.25. The van der Waals surface area contributed by atoms with Crippen molar-refractivity contribution in [2.24, 2.45) is 0 Å². The molecule has 1 aliphatic heterocycles. The van der Waals surface area contributed by atoms with Crippen molar-refractivity contribution in [2.75, 3.05) is 40.4 Å². The van der Waals surface area contributed by atoms with Crippen LogP contribution < -0.4 is 9.47 Å². The summed E-state index contributed by atoms with van der Waals surface area (Å²) in [6, 6.07) is 5.42. The van der Waals surface area contributed by atoms with Crippen molar-refractivity contribution < 1.29 is 19.1 Å². The zero-order chi connectivity index (χ0) is 16.8. The fourth-order valence-corrected chi connectivity index (χ4v) is 2.48. The van der Waals surface area contributed by atoms with Gasteiger partial charge in [-0.05, 0) is 24.3 Å². The van der Waals surface area contributed by atoms with Gasteiger partial charge in [-0.1, -0.05) is 0 Å². The molecule has 0 radical (unpaired) electrons. The highest BCUT2D eigenvalue weighted by molar-refractivity contribution is 5.92. The van der Waals surface area contributed by atoms with Gasteiger partial charge in [-0.3, -0.25) is 9.59 Å². The Morgan fingerprint density at radius 3 is 2.26 bits per heavy atom. The predicted molar refractivity (Wildman–Crippen MR) is 87.4 cm³/mol. The molecule has 0 bridgehead atoms. The number of methoxy groups -OCH3 is 2. The van der Waals surface area contributed by atoms with Gasteiger partial charge < -0.3 is 19.3 Å². The summed E-state index contributed by atoms with van der Waals surface area (Å²) < 4.78 is 10.5. The van der Waals surface area contributed by atoms with Gasteiger partial charge in [0.2, 0.25) is 11.8 Å². The van der Waals surface area contributed by atoms with Crippen molar-refractivity contribution in [1.82, 2.24) is 9.80 Å². The number of piperazine rings is 1. The number of nitrogens with zero attached hydrogens (tertiary/aromatic N) is 2. The molecule has 0 spiro atoms. The third kappa shape index (κ3) is 4.25. The monoisotopic (exact) mass is 318 g/mol. The number of carbonyl (C=O) groups excluding carboxylic acids is 2. The molecule has 1 aromatic rings. The van der Waals surface area contributed by atoms with E-state index in [1.54, 1.807) is 49.2 Å². The summed E-state index contributed by atoms with van der Waals surface area (Å²) in [5.74, 6) is 1.36. The van der Waals surface area contributed by atoms with Crippen LogP contribution in [-0.4, -0.2) is 62.0 Å². The van der Waals surface area contributed by atoms with E-state index in [1.807, 2.05) is 6.07 Å². The Balaban J connectivity index is 2.03. The van der Waals surface area contributed by atoms with E-state index in [0.717, 1.165) is 5.56 Å². The fraction of sp³-hybridized carbons (Fsp3) is 0.412. The van der Waals surface area contributed by atoms with Crippen molar-refractivity contribution in [3.63, 3.8) is 0 Å². The predicted octanol–water partition coefficient (Wildman–Crippen LogP) is 1.41. The lowest BCUT2D eigenvalue weighted by Crippen LogP contribution is -2.49.